The number of aryl methyl sites for hydroxylation is 1. The van der Waals surface area contributed by atoms with Gasteiger partial charge in [0.05, 0.1) is 17.3 Å². The SMILES string of the molecule is Cc1nn(C2CCOC3(CCC3)C2)cc1CN. The summed E-state index contributed by atoms with van der Waals surface area (Å²) in [4.78, 5) is 0. The average molecular weight is 235 g/mol. The van der Waals surface area contributed by atoms with Gasteiger partial charge in [0.25, 0.3) is 0 Å². The first kappa shape index (κ1) is 11.2. The van der Waals surface area contributed by atoms with E-state index >= 15 is 0 Å². The van der Waals surface area contributed by atoms with Crippen molar-refractivity contribution in [1.82, 2.24) is 9.78 Å². The van der Waals surface area contributed by atoms with Crippen molar-refractivity contribution in [3.63, 3.8) is 0 Å². The van der Waals surface area contributed by atoms with Gasteiger partial charge < -0.3 is 10.5 Å². The van der Waals surface area contributed by atoms with Gasteiger partial charge in [-0.2, -0.15) is 5.10 Å². The molecule has 2 aliphatic rings. The van der Waals surface area contributed by atoms with Gasteiger partial charge in [-0.1, -0.05) is 0 Å². The average Bonchev–Trinajstić information content (AvgIpc) is 2.69. The first-order valence-corrected chi connectivity index (χ1v) is 6.61. The Bertz CT molecular complexity index is 409. The molecule has 3 rings (SSSR count). The fourth-order valence-corrected chi connectivity index (χ4v) is 3.05. The van der Waals surface area contributed by atoms with Crippen LogP contribution >= 0.6 is 0 Å². The summed E-state index contributed by atoms with van der Waals surface area (Å²) in [6.07, 6.45) is 8.10. The van der Waals surface area contributed by atoms with Crippen LogP contribution in [-0.2, 0) is 11.3 Å². The molecule has 4 nitrogen and oxygen atoms in total. The quantitative estimate of drug-likeness (QED) is 0.852. The molecule has 1 aromatic heterocycles. The van der Waals surface area contributed by atoms with Crippen LogP contribution in [0.1, 0.15) is 49.4 Å². The van der Waals surface area contributed by atoms with Crippen LogP contribution in [0.4, 0.5) is 0 Å². The lowest BCUT2D eigenvalue weighted by Crippen LogP contribution is -2.46. The first-order chi connectivity index (χ1) is 8.22. The normalized spacial score (nSPS) is 27.1. The van der Waals surface area contributed by atoms with E-state index in [1.165, 1.54) is 24.8 Å². The summed E-state index contributed by atoms with van der Waals surface area (Å²) in [6, 6.07) is 0.503. The third kappa shape index (κ3) is 1.89. The molecule has 1 atom stereocenters. The highest BCUT2D eigenvalue weighted by molar-refractivity contribution is 5.15. The van der Waals surface area contributed by atoms with Crippen LogP contribution < -0.4 is 5.73 Å². The Morgan fingerprint density at radius 1 is 1.59 bits per heavy atom. The Labute approximate surface area is 102 Å². The number of hydrogen-bond acceptors (Lipinski definition) is 3. The minimum Gasteiger partial charge on any atom is -0.375 e. The predicted octanol–water partition coefficient (Wildman–Crippen LogP) is 1.92. The summed E-state index contributed by atoms with van der Waals surface area (Å²) < 4.78 is 8.08. The van der Waals surface area contributed by atoms with Crippen molar-refractivity contribution < 1.29 is 4.74 Å². The van der Waals surface area contributed by atoms with E-state index in [-0.39, 0.29) is 5.60 Å². The van der Waals surface area contributed by atoms with Gasteiger partial charge in [-0.15, -0.1) is 0 Å². The zero-order valence-corrected chi connectivity index (χ0v) is 10.5. The molecule has 1 aliphatic carbocycles. The maximum absolute atomic E-state index is 5.95. The molecule has 94 valence electrons. The maximum atomic E-state index is 5.95. The number of nitrogens with two attached hydrogens (primary N) is 1. The highest BCUT2D eigenvalue weighted by Crippen LogP contribution is 2.45. The van der Waals surface area contributed by atoms with Crippen molar-refractivity contribution in [2.24, 2.45) is 5.73 Å². The van der Waals surface area contributed by atoms with Gasteiger partial charge in [-0.3, -0.25) is 4.68 Å². The van der Waals surface area contributed by atoms with Crippen LogP contribution in [0.3, 0.4) is 0 Å². The summed E-state index contributed by atoms with van der Waals surface area (Å²) in [7, 11) is 0. The number of nitrogens with zero attached hydrogens (tertiary/aromatic N) is 2. The summed E-state index contributed by atoms with van der Waals surface area (Å²) >= 11 is 0. The van der Waals surface area contributed by atoms with E-state index in [9.17, 15) is 0 Å². The topological polar surface area (TPSA) is 53.1 Å². The second-order valence-corrected chi connectivity index (χ2v) is 5.46. The Morgan fingerprint density at radius 3 is 3.00 bits per heavy atom. The molecule has 17 heavy (non-hydrogen) atoms. The minimum atomic E-state index is 0.186. The molecule has 1 saturated carbocycles. The van der Waals surface area contributed by atoms with E-state index in [4.69, 9.17) is 10.5 Å². The summed E-state index contributed by atoms with van der Waals surface area (Å²) in [5.41, 5.74) is 8.13. The van der Waals surface area contributed by atoms with Gasteiger partial charge in [0.2, 0.25) is 0 Å². The third-order valence-electron chi connectivity index (χ3n) is 4.34. The van der Waals surface area contributed by atoms with Gasteiger partial charge in [0.1, 0.15) is 0 Å². The molecule has 0 aromatic carbocycles. The van der Waals surface area contributed by atoms with Crippen molar-refractivity contribution >= 4 is 0 Å². The second kappa shape index (κ2) is 4.10. The molecule has 4 heteroatoms. The van der Waals surface area contributed by atoms with Gasteiger partial charge in [-0.05, 0) is 39.0 Å². The lowest BCUT2D eigenvalue weighted by Gasteiger charge is -2.47. The predicted molar refractivity (Wildman–Crippen MR) is 65.7 cm³/mol. The molecule has 1 spiro atoms. The molecule has 1 aliphatic heterocycles. The molecule has 1 aromatic rings. The molecule has 2 N–H and O–H groups in total. The van der Waals surface area contributed by atoms with Gasteiger partial charge >= 0.3 is 0 Å². The molecule has 1 saturated heterocycles. The van der Waals surface area contributed by atoms with Gasteiger partial charge in [0, 0.05) is 24.9 Å². The smallest absolute Gasteiger partial charge is 0.0703 e. The third-order valence-corrected chi connectivity index (χ3v) is 4.34. The summed E-state index contributed by atoms with van der Waals surface area (Å²) in [6.45, 7) is 3.50. The van der Waals surface area contributed by atoms with Crippen molar-refractivity contribution in [1.29, 1.82) is 0 Å². The van der Waals surface area contributed by atoms with Crippen molar-refractivity contribution in [2.45, 2.75) is 57.2 Å². The van der Waals surface area contributed by atoms with E-state index in [0.29, 0.717) is 12.6 Å². The second-order valence-electron chi connectivity index (χ2n) is 5.46. The zero-order valence-electron chi connectivity index (χ0n) is 10.5. The van der Waals surface area contributed by atoms with Gasteiger partial charge in [0.15, 0.2) is 0 Å². The zero-order chi connectivity index (χ0) is 11.9. The van der Waals surface area contributed by atoms with Gasteiger partial charge in [-0.25, -0.2) is 0 Å². The number of rotatable bonds is 2. The van der Waals surface area contributed by atoms with Crippen LogP contribution in [0.5, 0.6) is 0 Å². The molecule has 0 radical (unpaired) electrons. The van der Waals surface area contributed by atoms with Crippen molar-refractivity contribution in [3.8, 4) is 0 Å². The van der Waals surface area contributed by atoms with Crippen LogP contribution in [0, 0.1) is 6.92 Å². The minimum absolute atomic E-state index is 0.186. The van der Waals surface area contributed by atoms with E-state index in [0.717, 1.165) is 25.1 Å². The maximum Gasteiger partial charge on any atom is 0.0703 e. The molecule has 0 bridgehead atoms. The van der Waals surface area contributed by atoms with Crippen LogP contribution in [0.25, 0.3) is 0 Å². The monoisotopic (exact) mass is 235 g/mol. The van der Waals surface area contributed by atoms with E-state index in [1.807, 2.05) is 6.92 Å². The molecular weight excluding hydrogens is 214 g/mol. The Morgan fingerprint density at radius 2 is 2.41 bits per heavy atom. The molecule has 0 amide bonds. The van der Waals surface area contributed by atoms with Crippen LogP contribution in [0.2, 0.25) is 0 Å². The Hall–Kier alpha value is -0.870. The highest BCUT2D eigenvalue weighted by Gasteiger charge is 2.43. The van der Waals surface area contributed by atoms with Crippen molar-refractivity contribution in [3.05, 3.63) is 17.5 Å². The number of aromatic nitrogens is 2. The lowest BCUT2D eigenvalue weighted by molar-refractivity contribution is -0.141. The van der Waals surface area contributed by atoms with Crippen LogP contribution in [0.15, 0.2) is 6.20 Å². The van der Waals surface area contributed by atoms with E-state index in [1.54, 1.807) is 0 Å². The van der Waals surface area contributed by atoms with E-state index in [2.05, 4.69) is 16.0 Å². The molecular formula is C13H21N3O. The number of ether oxygens (including phenoxy) is 1. The molecule has 2 heterocycles. The Balaban J connectivity index is 1.78. The largest absolute Gasteiger partial charge is 0.375 e. The van der Waals surface area contributed by atoms with Crippen molar-refractivity contribution in [2.75, 3.05) is 6.61 Å². The summed E-state index contributed by atoms with van der Waals surface area (Å²) in [5, 5.41) is 4.61. The molecule has 2 fully saturated rings. The standard InChI is InChI=1S/C13H21N3O/c1-10-11(8-14)9-16(15-10)12-3-6-17-13(7-12)4-2-5-13/h9,12H,2-8,14H2,1H3. The summed E-state index contributed by atoms with van der Waals surface area (Å²) in [5.74, 6) is 0. The van der Waals surface area contributed by atoms with Crippen LogP contribution in [-0.4, -0.2) is 22.0 Å². The lowest BCUT2D eigenvalue weighted by atomic mass is 9.74. The highest BCUT2D eigenvalue weighted by atomic mass is 16.5. The first-order valence-electron chi connectivity index (χ1n) is 6.61. The molecule has 1 unspecified atom stereocenters. The number of hydrogen-bond donors (Lipinski definition) is 1. The fraction of sp³-hybridized carbons (Fsp3) is 0.769. The fourth-order valence-electron chi connectivity index (χ4n) is 3.05. The Kier molecular flexibility index (Phi) is 2.71. The van der Waals surface area contributed by atoms with E-state index < -0.39 is 0 Å².